The zero-order valence-corrected chi connectivity index (χ0v) is 28.3. The second kappa shape index (κ2) is 16.5. The summed E-state index contributed by atoms with van der Waals surface area (Å²) in [6.07, 6.45) is 11.3. The predicted octanol–water partition coefficient (Wildman–Crippen LogP) is 8.88. The molecule has 0 spiro atoms. The minimum Gasteiger partial charge on any atom is -0.354 e. The summed E-state index contributed by atoms with van der Waals surface area (Å²) < 4.78 is 26.2. The first-order chi connectivity index (χ1) is 20.7. The molecular weight excluding hydrogens is 640 g/mol. The van der Waals surface area contributed by atoms with Gasteiger partial charge in [0.05, 0.1) is 28.7 Å². The van der Waals surface area contributed by atoms with Crippen molar-refractivity contribution in [3.8, 4) is 0 Å². The second-order valence-corrected chi connectivity index (χ2v) is 12.9. The largest absolute Gasteiger partial charge is 0.354 e. The molecule has 0 saturated heterocycles. The number of hydrogen-bond acceptors (Lipinski definition) is 6. The van der Waals surface area contributed by atoms with E-state index in [2.05, 4.69) is 17.6 Å². The number of unbranched alkanes of at least 4 members (excludes halogenated alkanes) is 8. The second-order valence-electron chi connectivity index (χ2n) is 11.1. The van der Waals surface area contributed by atoms with Crippen LogP contribution >= 0.6 is 17.0 Å². The average molecular weight is 684 g/mol. The van der Waals surface area contributed by atoms with Gasteiger partial charge in [0.1, 0.15) is 0 Å². The van der Waals surface area contributed by atoms with Crippen molar-refractivity contribution in [3.63, 3.8) is 0 Å². The zero-order valence-electron chi connectivity index (χ0n) is 25.8. The van der Waals surface area contributed by atoms with E-state index < -0.39 is 15.9 Å². The van der Waals surface area contributed by atoms with Gasteiger partial charge in [0.25, 0.3) is 0 Å². The summed E-state index contributed by atoms with van der Waals surface area (Å²) in [5.41, 5.74) is 4.05. The van der Waals surface area contributed by atoms with Gasteiger partial charge in [-0.2, -0.15) is 0 Å². The molecule has 10 heteroatoms. The molecule has 0 aliphatic carbocycles. The molecule has 0 atom stereocenters. The van der Waals surface area contributed by atoms with Crippen molar-refractivity contribution in [2.75, 3.05) is 21.2 Å². The van der Waals surface area contributed by atoms with Gasteiger partial charge in [-0.1, -0.05) is 76.5 Å². The normalized spacial score (nSPS) is 11.2. The molecule has 3 aromatic carbocycles. The zero-order chi connectivity index (χ0) is 30.8. The lowest BCUT2D eigenvalue weighted by Gasteiger charge is -2.21. The van der Waals surface area contributed by atoms with Crippen molar-refractivity contribution in [1.82, 2.24) is 4.98 Å². The number of benzene rings is 3. The third-order valence-corrected chi connectivity index (χ3v) is 8.50. The summed E-state index contributed by atoms with van der Waals surface area (Å²) in [5.74, 6) is -0.569. The number of carbonyl (C=O) groups is 2. The lowest BCUT2D eigenvalue weighted by atomic mass is 10.1. The number of nitrogens with one attached hydrogen (secondary N) is 2. The number of hydrogen-bond donors (Lipinski definition) is 2. The Kier molecular flexibility index (Phi) is 13.1. The number of pyridine rings is 1. The highest BCUT2D eigenvalue weighted by atomic mass is 79.9. The Labute approximate surface area is 271 Å². The van der Waals surface area contributed by atoms with Gasteiger partial charge >= 0.3 is 0 Å². The van der Waals surface area contributed by atoms with E-state index in [4.69, 9.17) is 4.98 Å². The van der Waals surface area contributed by atoms with Crippen LogP contribution in [0.3, 0.4) is 0 Å². The SMILES string of the molecule is Br.CCCCCCCCCCCC(=O)N(c1ccc(Nc2c3ccccc3nc3cc(NC(C)=O)ccc23)cc1)S(C)(=O)=O. The van der Waals surface area contributed by atoms with Gasteiger partial charge in [-0.15, -0.1) is 17.0 Å². The molecule has 0 bridgehead atoms. The van der Waals surface area contributed by atoms with Crippen LogP contribution in [0.1, 0.15) is 78.1 Å². The Morgan fingerprint density at radius 3 is 2.00 bits per heavy atom. The maximum atomic E-state index is 13.1. The smallest absolute Gasteiger partial charge is 0.240 e. The van der Waals surface area contributed by atoms with Crippen LogP contribution in [0.5, 0.6) is 0 Å². The number of halogens is 1. The first kappa shape index (κ1) is 35.0. The van der Waals surface area contributed by atoms with Crippen LogP contribution in [0.4, 0.5) is 22.7 Å². The van der Waals surface area contributed by atoms with E-state index in [1.54, 1.807) is 24.3 Å². The molecule has 1 aromatic heterocycles. The molecule has 2 amide bonds. The molecule has 2 N–H and O–H groups in total. The van der Waals surface area contributed by atoms with Crippen LogP contribution in [0.15, 0.2) is 66.7 Å². The van der Waals surface area contributed by atoms with Crippen LogP contribution in [0.2, 0.25) is 0 Å². The molecule has 1 heterocycles. The minimum atomic E-state index is -3.79. The van der Waals surface area contributed by atoms with Gasteiger partial charge in [0.2, 0.25) is 21.8 Å². The van der Waals surface area contributed by atoms with Gasteiger partial charge in [0, 0.05) is 35.5 Å². The van der Waals surface area contributed by atoms with Crippen LogP contribution in [0.25, 0.3) is 21.8 Å². The fraction of sp³-hybridized carbons (Fsp3) is 0.382. The first-order valence-electron chi connectivity index (χ1n) is 15.2. The van der Waals surface area contributed by atoms with E-state index >= 15 is 0 Å². The fourth-order valence-corrected chi connectivity index (χ4v) is 6.31. The fourth-order valence-electron chi connectivity index (χ4n) is 5.34. The number of carbonyl (C=O) groups excluding carboxylic acids is 2. The summed E-state index contributed by atoms with van der Waals surface area (Å²) in [6, 6.07) is 20.2. The van der Waals surface area contributed by atoms with E-state index in [0.29, 0.717) is 17.8 Å². The van der Waals surface area contributed by atoms with Gasteiger partial charge in [-0.05, 0) is 55.0 Å². The van der Waals surface area contributed by atoms with Crippen LogP contribution in [-0.2, 0) is 19.6 Å². The lowest BCUT2D eigenvalue weighted by Crippen LogP contribution is -2.36. The Morgan fingerprint density at radius 1 is 0.773 bits per heavy atom. The van der Waals surface area contributed by atoms with Crippen molar-refractivity contribution >= 4 is 83.4 Å². The van der Waals surface area contributed by atoms with Crippen molar-refractivity contribution in [2.45, 2.75) is 78.1 Å². The molecule has 0 aliphatic heterocycles. The van der Waals surface area contributed by atoms with E-state index in [-0.39, 0.29) is 29.3 Å². The standard InChI is InChI=1S/C34H42N4O4S.BrH/c1-4-5-6-7-8-9-10-11-12-17-33(40)38(43(3,41)42)28-21-18-26(19-22-28)36-34-29-15-13-14-16-31(29)37-32-24-27(35-25(2)39)20-23-30(32)34;/h13-16,18-24H,4-12,17H2,1-3H3,(H,35,39)(H,36,37);1H. The Hall–Kier alpha value is -3.50. The lowest BCUT2D eigenvalue weighted by molar-refractivity contribution is -0.117. The van der Waals surface area contributed by atoms with Gasteiger partial charge in [-0.3, -0.25) is 9.59 Å². The van der Waals surface area contributed by atoms with Crippen LogP contribution in [-0.4, -0.2) is 31.5 Å². The summed E-state index contributed by atoms with van der Waals surface area (Å²) in [4.78, 5) is 29.4. The maximum absolute atomic E-state index is 13.1. The molecule has 236 valence electrons. The molecule has 0 fully saturated rings. The van der Waals surface area contributed by atoms with E-state index in [9.17, 15) is 18.0 Å². The monoisotopic (exact) mass is 682 g/mol. The summed E-state index contributed by atoms with van der Waals surface area (Å²) in [7, 11) is -3.79. The number of nitrogens with zero attached hydrogens (tertiary/aromatic N) is 2. The van der Waals surface area contributed by atoms with Gasteiger partial charge < -0.3 is 10.6 Å². The quantitative estimate of drug-likeness (QED) is 0.0958. The molecule has 4 aromatic rings. The number of sulfonamides is 1. The molecule has 4 rings (SSSR count). The number of fused-ring (bicyclic) bond motifs is 2. The summed E-state index contributed by atoms with van der Waals surface area (Å²) in [5, 5.41) is 8.06. The molecular formula is C34H43BrN4O4S. The van der Waals surface area contributed by atoms with Crippen molar-refractivity contribution in [1.29, 1.82) is 0 Å². The molecule has 0 unspecified atom stereocenters. The Balaban J connectivity index is 0.00000529. The van der Waals surface area contributed by atoms with Crippen LogP contribution in [0, 0.1) is 0 Å². The highest BCUT2D eigenvalue weighted by molar-refractivity contribution is 8.93. The predicted molar refractivity (Wildman–Crippen MR) is 188 cm³/mol. The first-order valence-corrected chi connectivity index (χ1v) is 17.0. The molecule has 8 nitrogen and oxygen atoms in total. The number of aromatic nitrogens is 1. The molecule has 0 saturated carbocycles. The molecule has 44 heavy (non-hydrogen) atoms. The number of rotatable bonds is 15. The van der Waals surface area contributed by atoms with Crippen molar-refractivity contribution in [2.24, 2.45) is 0 Å². The van der Waals surface area contributed by atoms with Crippen molar-refractivity contribution < 1.29 is 18.0 Å². The van der Waals surface area contributed by atoms with Crippen molar-refractivity contribution in [3.05, 3.63) is 66.7 Å². The number of para-hydroxylation sites is 1. The Morgan fingerprint density at radius 2 is 1.36 bits per heavy atom. The number of amides is 2. The summed E-state index contributed by atoms with van der Waals surface area (Å²) in [6.45, 7) is 3.67. The highest BCUT2D eigenvalue weighted by Crippen LogP contribution is 2.35. The maximum Gasteiger partial charge on any atom is 0.240 e. The summed E-state index contributed by atoms with van der Waals surface area (Å²) >= 11 is 0. The number of anilines is 4. The van der Waals surface area contributed by atoms with Gasteiger partial charge in [-0.25, -0.2) is 17.7 Å². The van der Waals surface area contributed by atoms with E-state index in [0.717, 1.165) is 63.0 Å². The van der Waals surface area contributed by atoms with Gasteiger partial charge in [0.15, 0.2) is 0 Å². The highest BCUT2D eigenvalue weighted by Gasteiger charge is 2.25. The average Bonchev–Trinajstić information content (AvgIpc) is 2.96. The Bertz CT molecular complexity index is 1680. The molecule has 0 radical (unpaired) electrons. The third kappa shape index (κ3) is 9.50. The van der Waals surface area contributed by atoms with E-state index in [1.807, 2.05) is 42.5 Å². The molecule has 0 aliphatic rings. The minimum absolute atomic E-state index is 0. The topological polar surface area (TPSA) is 108 Å². The van der Waals surface area contributed by atoms with E-state index in [1.165, 1.54) is 39.0 Å². The third-order valence-electron chi connectivity index (χ3n) is 7.43. The van der Waals surface area contributed by atoms with Crippen LogP contribution < -0.4 is 14.9 Å².